The number of aromatic nitrogens is 2. The maximum atomic E-state index is 12.9. The van der Waals surface area contributed by atoms with Crippen molar-refractivity contribution in [3.05, 3.63) is 36.7 Å². The number of hydrogen-bond donors (Lipinski definition) is 1. The zero-order valence-corrected chi connectivity index (χ0v) is 13.8. The first-order chi connectivity index (χ1) is 12.1. The van der Waals surface area contributed by atoms with Gasteiger partial charge in [-0.1, -0.05) is 6.42 Å². The van der Waals surface area contributed by atoms with Gasteiger partial charge in [-0.15, -0.1) is 0 Å². The molecule has 2 amide bonds. The van der Waals surface area contributed by atoms with Gasteiger partial charge in [0.2, 0.25) is 0 Å². The summed E-state index contributed by atoms with van der Waals surface area (Å²) in [6, 6.07) is 6.72. The molecule has 2 aromatic rings. The Morgan fingerprint density at radius 2 is 1.96 bits per heavy atom. The molecular formula is C18H20F2N4O. The molecule has 132 valence electrons. The Morgan fingerprint density at radius 3 is 2.56 bits per heavy atom. The highest BCUT2D eigenvalue weighted by atomic mass is 19.3. The van der Waals surface area contributed by atoms with Crippen molar-refractivity contribution in [1.82, 2.24) is 14.5 Å². The quantitative estimate of drug-likeness (QED) is 0.898. The van der Waals surface area contributed by atoms with Crippen molar-refractivity contribution in [1.29, 1.82) is 0 Å². The van der Waals surface area contributed by atoms with Crippen LogP contribution in [0.15, 0.2) is 36.7 Å². The fourth-order valence-electron chi connectivity index (χ4n) is 3.79. The molecular weight excluding hydrogens is 326 g/mol. The molecule has 1 N–H and O–H groups in total. The average Bonchev–Trinajstić information content (AvgIpc) is 3.22. The minimum absolute atomic E-state index is 0.0920. The molecule has 1 aliphatic heterocycles. The predicted octanol–water partition coefficient (Wildman–Crippen LogP) is 4.35. The number of urea groups is 1. The number of imidazole rings is 1. The first-order valence-electron chi connectivity index (χ1n) is 8.54. The number of carbonyl (C=O) groups excluding carboxylic acids is 1. The minimum atomic E-state index is -2.63. The van der Waals surface area contributed by atoms with E-state index in [1.54, 1.807) is 24.3 Å². The molecule has 2 heterocycles. The molecule has 1 saturated carbocycles. The molecule has 0 radical (unpaired) electrons. The molecule has 7 heteroatoms. The first kappa shape index (κ1) is 16.1. The zero-order valence-electron chi connectivity index (χ0n) is 13.8. The standard InChI is InChI=1S/C18H20F2N4O/c19-16(20)24-11-9-21-15(24)13-2-4-14(5-3-13)22-17(25)23-10-8-18(12-23)6-1-7-18/h2-5,9,11,16H,1,6-8,10,12H2,(H,22,25). The Bertz CT molecular complexity index is 768. The molecule has 1 saturated heterocycles. The number of halogens is 2. The van der Waals surface area contributed by atoms with Gasteiger partial charge in [-0.3, -0.25) is 4.57 Å². The Labute approximate surface area is 144 Å². The number of alkyl halides is 2. The summed E-state index contributed by atoms with van der Waals surface area (Å²) < 4.78 is 26.7. The molecule has 1 aromatic carbocycles. The second kappa shape index (κ2) is 6.13. The van der Waals surface area contributed by atoms with Crippen LogP contribution in [0.5, 0.6) is 0 Å². The lowest BCUT2D eigenvalue weighted by Crippen LogP contribution is -2.37. The summed E-state index contributed by atoms with van der Waals surface area (Å²) in [5.74, 6) is 0.208. The molecule has 1 aliphatic carbocycles. The lowest BCUT2D eigenvalue weighted by molar-refractivity contribution is 0.0720. The second-order valence-corrected chi connectivity index (χ2v) is 6.97. The Balaban J connectivity index is 1.42. The zero-order chi connectivity index (χ0) is 17.4. The van der Waals surface area contributed by atoms with Gasteiger partial charge >= 0.3 is 12.6 Å². The summed E-state index contributed by atoms with van der Waals surface area (Å²) in [5.41, 5.74) is 1.60. The Hall–Kier alpha value is -2.44. The third-order valence-electron chi connectivity index (χ3n) is 5.41. The van der Waals surface area contributed by atoms with Crippen molar-refractivity contribution in [2.75, 3.05) is 18.4 Å². The lowest BCUT2D eigenvalue weighted by Gasteiger charge is -2.37. The van der Waals surface area contributed by atoms with Crippen LogP contribution in [-0.4, -0.2) is 33.6 Å². The topological polar surface area (TPSA) is 50.2 Å². The highest BCUT2D eigenvalue weighted by Crippen LogP contribution is 2.47. The van der Waals surface area contributed by atoms with Crippen molar-refractivity contribution in [3.63, 3.8) is 0 Å². The number of nitrogens with zero attached hydrogens (tertiary/aromatic N) is 3. The number of likely N-dealkylation sites (tertiary alicyclic amines) is 1. The van der Waals surface area contributed by atoms with E-state index >= 15 is 0 Å². The highest BCUT2D eigenvalue weighted by Gasteiger charge is 2.44. The van der Waals surface area contributed by atoms with Crippen LogP contribution in [0.25, 0.3) is 11.4 Å². The number of hydrogen-bond acceptors (Lipinski definition) is 2. The van der Waals surface area contributed by atoms with Crippen molar-refractivity contribution >= 4 is 11.7 Å². The van der Waals surface area contributed by atoms with Gasteiger partial charge in [0.05, 0.1) is 0 Å². The maximum Gasteiger partial charge on any atom is 0.321 e. The summed E-state index contributed by atoms with van der Waals surface area (Å²) in [6.07, 6.45) is 7.41. The molecule has 25 heavy (non-hydrogen) atoms. The van der Waals surface area contributed by atoms with E-state index in [9.17, 15) is 13.6 Å². The van der Waals surface area contributed by atoms with Crippen LogP contribution in [0.4, 0.5) is 19.3 Å². The number of amides is 2. The van der Waals surface area contributed by atoms with E-state index in [1.165, 1.54) is 31.7 Å². The monoisotopic (exact) mass is 346 g/mol. The Morgan fingerprint density at radius 1 is 1.20 bits per heavy atom. The average molecular weight is 346 g/mol. The molecule has 1 aromatic heterocycles. The van der Waals surface area contributed by atoms with Crippen molar-refractivity contribution in [2.24, 2.45) is 5.41 Å². The molecule has 0 unspecified atom stereocenters. The van der Waals surface area contributed by atoms with Gasteiger partial charge in [0.1, 0.15) is 5.82 Å². The van der Waals surface area contributed by atoms with E-state index in [1.807, 2.05) is 4.90 Å². The fourth-order valence-corrected chi connectivity index (χ4v) is 3.79. The first-order valence-corrected chi connectivity index (χ1v) is 8.54. The van der Waals surface area contributed by atoms with Crippen LogP contribution in [0.2, 0.25) is 0 Å². The van der Waals surface area contributed by atoms with Crippen LogP contribution >= 0.6 is 0 Å². The maximum absolute atomic E-state index is 12.9. The summed E-state index contributed by atoms with van der Waals surface area (Å²) in [4.78, 5) is 18.3. The van der Waals surface area contributed by atoms with Crippen LogP contribution < -0.4 is 5.32 Å². The van der Waals surface area contributed by atoms with Gasteiger partial charge in [-0.05, 0) is 48.9 Å². The van der Waals surface area contributed by atoms with Crippen LogP contribution in [0.3, 0.4) is 0 Å². The van der Waals surface area contributed by atoms with E-state index in [4.69, 9.17) is 0 Å². The van der Waals surface area contributed by atoms with E-state index in [2.05, 4.69) is 10.3 Å². The summed E-state index contributed by atoms with van der Waals surface area (Å²) in [7, 11) is 0. The highest BCUT2D eigenvalue weighted by molar-refractivity contribution is 5.89. The molecule has 5 nitrogen and oxygen atoms in total. The largest absolute Gasteiger partial charge is 0.324 e. The van der Waals surface area contributed by atoms with Gasteiger partial charge in [0.15, 0.2) is 0 Å². The lowest BCUT2D eigenvalue weighted by atomic mass is 9.68. The van der Waals surface area contributed by atoms with Gasteiger partial charge < -0.3 is 10.2 Å². The van der Waals surface area contributed by atoms with Gasteiger partial charge in [0.25, 0.3) is 0 Å². The number of nitrogens with one attached hydrogen (secondary N) is 1. The number of benzene rings is 1. The normalized spacial score (nSPS) is 18.6. The molecule has 1 spiro atoms. The number of rotatable bonds is 3. The van der Waals surface area contributed by atoms with Gasteiger partial charge in [-0.25, -0.2) is 9.78 Å². The third kappa shape index (κ3) is 2.99. The summed E-state index contributed by atoms with van der Waals surface area (Å²) >= 11 is 0. The smallest absolute Gasteiger partial charge is 0.321 e. The summed E-state index contributed by atoms with van der Waals surface area (Å²) in [5, 5.41) is 2.89. The van der Waals surface area contributed by atoms with Crippen LogP contribution in [0.1, 0.15) is 32.2 Å². The second-order valence-electron chi connectivity index (χ2n) is 6.97. The van der Waals surface area contributed by atoms with Crippen molar-refractivity contribution < 1.29 is 13.6 Å². The van der Waals surface area contributed by atoms with Crippen molar-refractivity contribution in [2.45, 2.75) is 32.2 Å². The molecule has 2 aliphatic rings. The number of anilines is 1. The SMILES string of the molecule is O=C(Nc1ccc(-c2nccn2C(F)F)cc1)N1CCC2(CCC2)C1. The molecule has 2 fully saturated rings. The predicted molar refractivity (Wildman–Crippen MR) is 90.4 cm³/mol. The van der Waals surface area contributed by atoms with Gasteiger partial charge in [0, 0.05) is 36.7 Å². The molecule has 4 rings (SSSR count). The van der Waals surface area contributed by atoms with E-state index in [0.29, 0.717) is 16.7 Å². The summed E-state index contributed by atoms with van der Waals surface area (Å²) in [6.45, 7) is -0.996. The fraction of sp³-hybridized carbons (Fsp3) is 0.444. The number of carbonyl (C=O) groups is 1. The minimum Gasteiger partial charge on any atom is -0.324 e. The van der Waals surface area contributed by atoms with E-state index < -0.39 is 6.55 Å². The van der Waals surface area contributed by atoms with Crippen LogP contribution in [-0.2, 0) is 0 Å². The van der Waals surface area contributed by atoms with E-state index in [-0.39, 0.29) is 11.9 Å². The van der Waals surface area contributed by atoms with Crippen LogP contribution in [0, 0.1) is 5.41 Å². The molecule has 0 bridgehead atoms. The Kier molecular flexibility index (Phi) is 3.94. The van der Waals surface area contributed by atoms with Gasteiger partial charge in [-0.2, -0.15) is 8.78 Å². The third-order valence-corrected chi connectivity index (χ3v) is 5.41. The van der Waals surface area contributed by atoms with Crippen molar-refractivity contribution in [3.8, 4) is 11.4 Å². The molecule has 0 atom stereocenters. The van der Waals surface area contributed by atoms with E-state index in [0.717, 1.165) is 24.1 Å².